The van der Waals surface area contributed by atoms with Gasteiger partial charge in [0.2, 0.25) is 0 Å². The highest BCUT2D eigenvalue weighted by molar-refractivity contribution is 7.09. The van der Waals surface area contributed by atoms with Gasteiger partial charge in [-0.05, 0) is 45.0 Å². The van der Waals surface area contributed by atoms with Gasteiger partial charge in [-0.2, -0.15) is 0 Å². The van der Waals surface area contributed by atoms with Crippen molar-refractivity contribution in [1.29, 1.82) is 0 Å². The number of rotatable bonds is 5. The standard InChI is InChI=1S/C15H18N2O2S/c1-10(2)19-15(18)12-4-6-13(7-5-12)16-8-14-11(3)17-9-20-14/h4-7,9-10,16H,8H2,1-3H3. The Kier molecular flexibility index (Phi) is 4.74. The van der Waals surface area contributed by atoms with Crippen molar-refractivity contribution in [3.05, 3.63) is 45.9 Å². The van der Waals surface area contributed by atoms with E-state index in [1.165, 1.54) is 4.88 Å². The molecule has 4 nitrogen and oxygen atoms in total. The molecule has 1 heterocycles. The van der Waals surface area contributed by atoms with Crippen LogP contribution in [0.25, 0.3) is 0 Å². The fourth-order valence-corrected chi connectivity index (χ4v) is 2.40. The van der Waals surface area contributed by atoms with Gasteiger partial charge in [-0.15, -0.1) is 11.3 Å². The fraction of sp³-hybridized carbons (Fsp3) is 0.333. The first kappa shape index (κ1) is 14.5. The minimum Gasteiger partial charge on any atom is -0.459 e. The number of ether oxygens (including phenoxy) is 1. The van der Waals surface area contributed by atoms with Crippen molar-refractivity contribution in [3.63, 3.8) is 0 Å². The molecule has 0 aliphatic rings. The maximum absolute atomic E-state index is 11.7. The van der Waals surface area contributed by atoms with Gasteiger partial charge in [-0.1, -0.05) is 0 Å². The molecule has 0 radical (unpaired) electrons. The Labute approximate surface area is 122 Å². The van der Waals surface area contributed by atoms with Crippen LogP contribution in [0.4, 0.5) is 5.69 Å². The highest BCUT2D eigenvalue weighted by atomic mass is 32.1. The number of hydrogen-bond acceptors (Lipinski definition) is 5. The second-order valence-electron chi connectivity index (χ2n) is 4.75. The molecule has 0 saturated carbocycles. The largest absolute Gasteiger partial charge is 0.459 e. The molecule has 0 unspecified atom stereocenters. The summed E-state index contributed by atoms with van der Waals surface area (Å²) in [4.78, 5) is 17.1. The van der Waals surface area contributed by atoms with Gasteiger partial charge in [0.1, 0.15) is 0 Å². The van der Waals surface area contributed by atoms with E-state index in [9.17, 15) is 4.79 Å². The monoisotopic (exact) mass is 290 g/mol. The normalized spacial score (nSPS) is 10.6. The molecule has 106 valence electrons. The van der Waals surface area contributed by atoms with E-state index in [0.717, 1.165) is 17.9 Å². The maximum atomic E-state index is 11.7. The number of benzene rings is 1. The van der Waals surface area contributed by atoms with E-state index in [1.54, 1.807) is 23.5 Å². The molecule has 1 aromatic heterocycles. The Morgan fingerprint density at radius 2 is 2.05 bits per heavy atom. The Morgan fingerprint density at radius 3 is 2.60 bits per heavy atom. The molecule has 0 saturated heterocycles. The van der Waals surface area contributed by atoms with Gasteiger partial charge in [-0.25, -0.2) is 9.78 Å². The molecule has 1 N–H and O–H groups in total. The molecule has 2 aromatic rings. The van der Waals surface area contributed by atoms with Gasteiger partial charge >= 0.3 is 5.97 Å². The van der Waals surface area contributed by atoms with Crippen molar-refractivity contribution in [2.24, 2.45) is 0 Å². The molecule has 20 heavy (non-hydrogen) atoms. The number of thiazole rings is 1. The summed E-state index contributed by atoms with van der Waals surface area (Å²) in [6.45, 7) is 6.42. The smallest absolute Gasteiger partial charge is 0.338 e. The van der Waals surface area contributed by atoms with E-state index in [1.807, 2.05) is 38.4 Å². The molecule has 0 atom stereocenters. The second-order valence-corrected chi connectivity index (χ2v) is 5.69. The van der Waals surface area contributed by atoms with Crippen LogP contribution in [0.15, 0.2) is 29.8 Å². The van der Waals surface area contributed by atoms with Crippen LogP contribution in [-0.2, 0) is 11.3 Å². The molecule has 0 aliphatic carbocycles. The molecule has 0 spiro atoms. The molecule has 0 aliphatic heterocycles. The van der Waals surface area contributed by atoms with Gasteiger partial charge in [0, 0.05) is 10.6 Å². The first-order valence-electron chi connectivity index (χ1n) is 6.50. The molecule has 1 aromatic carbocycles. The molecule has 5 heteroatoms. The lowest BCUT2D eigenvalue weighted by molar-refractivity contribution is 0.0378. The van der Waals surface area contributed by atoms with Crippen LogP contribution in [0.1, 0.15) is 34.8 Å². The lowest BCUT2D eigenvalue weighted by Gasteiger charge is -2.09. The summed E-state index contributed by atoms with van der Waals surface area (Å²) >= 11 is 1.64. The third-order valence-corrected chi connectivity index (χ3v) is 3.70. The average Bonchev–Trinajstić information content (AvgIpc) is 2.82. The summed E-state index contributed by atoms with van der Waals surface area (Å²) in [5.74, 6) is -0.287. The number of aromatic nitrogens is 1. The number of anilines is 1. The van der Waals surface area contributed by atoms with Gasteiger partial charge in [-0.3, -0.25) is 0 Å². The van der Waals surface area contributed by atoms with Crippen molar-refractivity contribution in [3.8, 4) is 0 Å². The van der Waals surface area contributed by atoms with Crippen LogP contribution in [-0.4, -0.2) is 17.1 Å². The Hall–Kier alpha value is -1.88. The summed E-state index contributed by atoms with van der Waals surface area (Å²) in [6.07, 6.45) is -0.102. The topological polar surface area (TPSA) is 51.2 Å². The van der Waals surface area contributed by atoms with Crippen LogP contribution in [0.2, 0.25) is 0 Å². The van der Waals surface area contributed by atoms with Gasteiger partial charge in [0.05, 0.1) is 29.4 Å². The Balaban J connectivity index is 1.95. The van der Waals surface area contributed by atoms with Crippen LogP contribution in [0.3, 0.4) is 0 Å². The first-order chi connectivity index (χ1) is 9.56. The van der Waals surface area contributed by atoms with Crippen molar-refractivity contribution in [1.82, 2.24) is 4.98 Å². The molecule has 0 amide bonds. The van der Waals surface area contributed by atoms with Crippen LogP contribution in [0, 0.1) is 6.92 Å². The van der Waals surface area contributed by atoms with E-state index in [2.05, 4.69) is 10.3 Å². The zero-order chi connectivity index (χ0) is 14.5. The molecular weight excluding hydrogens is 272 g/mol. The SMILES string of the molecule is Cc1ncsc1CNc1ccc(C(=O)OC(C)C)cc1. The number of nitrogens with zero attached hydrogens (tertiary/aromatic N) is 1. The molecular formula is C15H18N2O2S. The Bertz CT molecular complexity index is 576. The van der Waals surface area contributed by atoms with Crippen molar-refractivity contribution in [2.75, 3.05) is 5.32 Å². The summed E-state index contributed by atoms with van der Waals surface area (Å²) in [6, 6.07) is 7.31. The summed E-state index contributed by atoms with van der Waals surface area (Å²) in [5, 5.41) is 3.31. The van der Waals surface area contributed by atoms with E-state index < -0.39 is 0 Å². The molecule has 0 fully saturated rings. The second kappa shape index (κ2) is 6.52. The van der Waals surface area contributed by atoms with Crippen molar-refractivity contribution < 1.29 is 9.53 Å². The van der Waals surface area contributed by atoms with Crippen LogP contribution < -0.4 is 5.32 Å². The number of aryl methyl sites for hydroxylation is 1. The number of nitrogens with one attached hydrogen (secondary N) is 1. The summed E-state index contributed by atoms with van der Waals surface area (Å²) in [7, 11) is 0. The minimum atomic E-state index is -0.287. The van der Waals surface area contributed by atoms with Gasteiger partial charge in [0.15, 0.2) is 0 Å². The lowest BCUT2D eigenvalue weighted by Crippen LogP contribution is -2.11. The number of carbonyl (C=O) groups is 1. The lowest BCUT2D eigenvalue weighted by atomic mass is 10.2. The highest BCUT2D eigenvalue weighted by Crippen LogP contribution is 2.16. The predicted octanol–water partition coefficient (Wildman–Crippen LogP) is 3.63. The zero-order valence-electron chi connectivity index (χ0n) is 11.8. The van der Waals surface area contributed by atoms with E-state index in [0.29, 0.717) is 5.56 Å². The summed E-state index contributed by atoms with van der Waals surface area (Å²) < 4.78 is 5.14. The molecule has 2 rings (SSSR count). The third-order valence-electron chi connectivity index (χ3n) is 2.76. The zero-order valence-corrected chi connectivity index (χ0v) is 12.7. The number of hydrogen-bond donors (Lipinski definition) is 1. The quantitative estimate of drug-likeness (QED) is 0.854. The minimum absolute atomic E-state index is 0.102. The fourth-order valence-electron chi connectivity index (χ4n) is 1.68. The maximum Gasteiger partial charge on any atom is 0.338 e. The number of carbonyl (C=O) groups excluding carboxylic acids is 1. The first-order valence-corrected chi connectivity index (χ1v) is 7.38. The molecule has 0 bridgehead atoms. The van der Waals surface area contributed by atoms with Crippen molar-refractivity contribution >= 4 is 23.0 Å². The predicted molar refractivity (Wildman–Crippen MR) is 81.2 cm³/mol. The Morgan fingerprint density at radius 1 is 1.35 bits per heavy atom. The van der Waals surface area contributed by atoms with E-state index in [4.69, 9.17) is 4.74 Å². The van der Waals surface area contributed by atoms with Crippen molar-refractivity contribution in [2.45, 2.75) is 33.4 Å². The highest BCUT2D eigenvalue weighted by Gasteiger charge is 2.08. The third kappa shape index (κ3) is 3.81. The summed E-state index contributed by atoms with van der Waals surface area (Å²) in [5.41, 5.74) is 4.44. The average molecular weight is 290 g/mol. The van der Waals surface area contributed by atoms with Gasteiger partial charge < -0.3 is 10.1 Å². The number of esters is 1. The van der Waals surface area contributed by atoms with Gasteiger partial charge in [0.25, 0.3) is 0 Å². The van der Waals surface area contributed by atoms with Crippen LogP contribution in [0.5, 0.6) is 0 Å². The van der Waals surface area contributed by atoms with Crippen LogP contribution >= 0.6 is 11.3 Å². The van der Waals surface area contributed by atoms with E-state index >= 15 is 0 Å². The van der Waals surface area contributed by atoms with E-state index in [-0.39, 0.29) is 12.1 Å².